The summed E-state index contributed by atoms with van der Waals surface area (Å²) in [5.74, 6) is 2.87. The quantitative estimate of drug-likeness (QED) is 0.318. The van der Waals surface area contributed by atoms with Gasteiger partial charge in [0.1, 0.15) is 17.8 Å². The highest BCUT2D eigenvalue weighted by atomic mass is 16.5. The molecule has 1 aliphatic heterocycles. The molecule has 0 saturated heterocycles. The van der Waals surface area contributed by atoms with E-state index in [2.05, 4.69) is 39.3 Å². The highest BCUT2D eigenvalue weighted by molar-refractivity contribution is 5.91. The second-order valence-electron chi connectivity index (χ2n) is 8.74. The Morgan fingerprint density at radius 3 is 2.57 bits per heavy atom. The molecule has 1 atom stereocenters. The van der Waals surface area contributed by atoms with Crippen LogP contribution in [-0.2, 0) is 0 Å². The molecule has 7 rings (SSSR count). The van der Waals surface area contributed by atoms with Crippen LogP contribution in [0.1, 0.15) is 22.6 Å². The summed E-state index contributed by atoms with van der Waals surface area (Å²) in [5, 5.41) is 6.78. The lowest BCUT2D eigenvalue weighted by Crippen LogP contribution is -2.15. The highest BCUT2D eigenvalue weighted by Crippen LogP contribution is 2.51. The van der Waals surface area contributed by atoms with Crippen LogP contribution in [0.25, 0.3) is 27.9 Å². The molecule has 0 aliphatic carbocycles. The molecule has 8 nitrogen and oxygen atoms in total. The van der Waals surface area contributed by atoms with E-state index >= 15 is 0 Å². The first-order valence-corrected chi connectivity index (χ1v) is 11.8. The predicted octanol–water partition coefficient (Wildman–Crippen LogP) is 5.64. The van der Waals surface area contributed by atoms with Gasteiger partial charge in [0.2, 0.25) is 11.7 Å². The van der Waals surface area contributed by atoms with Crippen molar-refractivity contribution in [3.05, 3.63) is 102 Å². The Bertz CT molecular complexity index is 1800. The Morgan fingerprint density at radius 1 is 0.865 bits per heavy atom. The molecule has 3 aromatic heterocycles. The van der Waals surface area contributed by atoms with Crippen molar-refractivity contribution in [3.8, 4) is 34.6 Å². The third-order valence-corrected chi connectivity index (χ3v) is 6.73. The third kappa shape index (κ3) is 3.30. The number of fused-ring (bicyclic) bond motifs is 6. The van der Waals surface area contributed by atoms with E-state index in [1.807, 2.05) is 48.5 Å². The molecular weight excluding hydrogens is 466 g/mol. The van der Waals surface area contributed by atoms with Crippen LogP contribution in [0.3, 0.4) is 0 Å². The number of ether oxygens (including phenoxy) is 3. The number of nitrogens with zero attached hydrogens (tertiary/aromatic N) is 5. The summed E-state index contributed by atoms with van der Waals surface area (Å²) in [5.41, 5.74) is 4.17. The van der Waals surface area contributed by atoms with Crippen molar-refractivity contribution in [1.29, 1.82) is 0 Å². The average Bonchev–Trinajstić information content (AvgIpc) is 3.41. The minimum Gasteiger partial charge on any atom is -0.493 e. The lowest BCUT2D eigenvalue weighted by molar-refractivity contribution is 0.354. The second kappa shape index (κ2) is 8.30. The summed E-state index contributed by atoms with van der Waals surface area (Å²) in [6.07, 6.45) is 3.36. The van der Waals surface area contributed by atoms with E-state index in [9.17, 15) is 0 Å². The lowest BCUT2D eigenvalue weighted by Gasteiger charge is -2.29. The molecule has 4 heterocycles. The summed E-state index contributed by atoms with van der Waals surface area (Å²) >= 11 is 0. The standard InChI is InChI=1S/C29H21N5O3/c1-35-22-13-11-18(15-23(22)36-2)24-20-12-10-17-7-3-4-8-19(17)26(20)37-29-25(24)28-32-27(33-34(28)16-31-29)21-9-5-6-14-30-21/h3-16,24H,1-2H3/t24-/m0/s1. The first kappa shape index (κ1) is 21.3. The van der Waals surface area contributed by atoms with Gasteiger partial charge in [-0.3, -0.25) is 4.98 Å². The van der Waals surface area contributed by atoms with E-state index in [0.29, 0.717) is 34.5 Å². The fourth-order valence-electron chi connectivity index (χ4n) is 5.03. The van der Waals surface area contributed by atoms with Crippen LogP contribution in [0.4, 0.5) is 0 Å². The summed E-state index contributed by atoms with van der Waals surface area (Å²) < 4.78 is 19.3. The Balaban J connectivity index is 1.52. The van der Waals surface area contributed by atoms with Gasteiger partial charge < -0.3 is 14.2 Å². The maximum atomic E-state index is 6.50. The predicted molar refractivity (Wildman–Crippen MR) is 139 cm³/mol. The van der Waals surface area contributed by atoms with E-state index in [1.165, 1.54) is 0 Å². The smallest absolute Gasteiger partial charge is 0.228 e. The summed E-state index contributed by atoms with van der Waals surface area (Å²) in [4.78, 5) is 14.0. The van der Waals surface area contributed by atoms with Gasteiger partial charge in [-0.1, -0.05) is 48.5 Å². The fourth-order valence-corrected chi connectivity index (χ4v) is 5.03. The van der Waals surface area contributed by atoms with Gasteiger partial charge in [-0.2, -0.15) is 0 Å². The van der Waals surface area contributed by atoms with Crippen LogP contribution < -0.4 is 14.2 Å². The average molecular weight is 488 g/mol. The van der Waals surface area contributed by atoms with E-state index in [-0.39, 0.29) is 5.92 Å². The number of rotatable bonds is 4. The number of benzene rings is 3. The van der Waals surface area contributed by atoms with Gasteiger partial charge in [-0.15, -0.1) is 5.10 Å². The SMILES string of the molecule is COc1ccc([C@H]2c3ccc4ccccc4c3Oc3ncn4nc(-c5ccccn5)nc4c32)cc1OC. The van der Waals surface area contributed by atoms with Gasteiger partial charge in [0.05, 0.1) is 19.8 Å². The Kier molecular flexibility index (Phi) is 4.78. The molecule has 0 spiro atoms. The minimum absolute atomic E-state index is 0.236. The zero-order valence-electron chi connectivity index (χ0n) is 20.1. The third-order valence-electron chi connectivity index (χ3n) is 6.73. The van der Waals surface area contributed by atoms with Crippen molar-refractivity contribution < 1.29 is 14.2 Å². The molecule has 8 heteroatoms. The molecule has 0 radical (unpaired) electrons. The van der Waals surface area contributed by atoms with Crippen molar-refractivity contribution in [2.45, 2.75) is 5.92 Å². The Hall–Kier alpha value is -4.98. The summed E-state index contributed by atoms with van der Waals surface area (Å²) in [7, 11) is 3.27. The van der Waals surface area contributed by atoms with E-state index in [1.54, 1.807) is 31.3 Å². The first-order chi connectivity index (χ1) is 18.2. The summed E-state index contributed by atoms with van der Waals surface area (Å²) in [6, 6.07) is 24.0. The Labute approximate surface area is 212 Å². The highest BCUT2D eigenvalue weighted by Gasteiger charge is 2.35. The van der Waals surface area contributed by atoms with E-state index in [4.69, 9.17) is 19.2 Å². The van der Waals surface area contributed by atoms with Crippen molar-refractivity contribution in [2.75, 3.05) is 14.2 Å². The maximum Gasteiger partial charge on any atom is 0.228 e. The van der Waals surface area contributed by atoms with Gasteiger partial charge in [0.15, 0.2) is 17.1 Å². The van der Waals surface area contributed by atoms with Crippen molar-refractivity contribution >= 4 is 16.4 Å². The van der Waals surface area contributed by atoms with Crippen molar-refractivity contribution in [2.24, 2.45) is 0 Å². The number of pyridine rings is 1. The van der Waals surface area contributed by atoms with Gasteiger partial charge in [-0.25, -0.2) is 14.5 Å². The zero-order valence-corrected chi connectivity index (χ0v) is 20.1. The van der Waals surface area contributed by atoms with Gasteiger partial charge in [-0.05, 0) is 35.2 Å². The number of methoxy groups -OCH3 is 2. The van der Waals surface area contributed by atoms with Gasteiger partial charge in [0, 0.05) is 23.1 Å². The Morgan fingerprint density at radius 2 is 1.73 bits per heavy atom. The molecular formula is C29H21N5O3. The molecule has 1 aliphatic rings. The molecule has 180 valence electrons. The van der Waals surface area contributed by atoms with Crippen LogP contribution in [0.5, 0.6) is 23.1 Å². The van der Waals surface area contributed by atoms with Crippen LogP contribution in [0, 0.1) is 0 Å². The molecule has 0 saturated carbocycles. The molecule has 0 N–H and O–H groups in total. The molecule has 6 aromatic rings. The fraction of sp³-hybridized carbons (Fsp3) is 0.103. The summed E-state index contributed by atoms with van der Waals surface area (Å²) in [6.45, 7) is 0. The second-order valence-corrected chi connectivity index (χ2v) is 8.74. The molecule has 0 unspecified atom stereocenters. The van der Waals surface area contributed by atoms with Crippen LogP contribution in [0.2, 0.25) is 0 Å². The van der Waals surface area contributed by atoms with Gasteiger partial charge in [0.25, 0.3) is 0 Å². The molecule has 37 heavy (non-hydrogen) atoms. The largest absolute Gasteiger partial charge is 0.493 e. The maximum absolute atomic E-state index is 6.50. The number of hydrogen-bond donors (Lipinski definition) is 0. The number of aromatic nitrogens is 5. The zero-order chi connectivity index (χ0) is 24.9. The molecule has 0 fully saturated rings. The van der Waals surface area contributed by atoms with Crippen LogP contribution in [-0.4, -0.2) is 38.8 Å². The monoisotopic (exact) mass is 487 g/mol. The topological polar surface area (TPSA) is 83.7 Å². The van der Waals surface area contributed by atoms with Crippen LogP contribution >= 0.6 is 0 Å². The van der Waals surface area contributed by atoms with Crippen LogP contribution in [0.15, 0.2) is 85.3 Å². The minimum atomic E-state index is -0.236. The first-order valence-electron chi connectivity index (χ1n) is 11.8. The van der Waals surface area contributed by atoms with Gasteiger partial charge >= 0.3 is 0 Å². The lowest BCUT2D eigenvalue weighted by atomic mass is 9.82. The van der Waals surface area contributed by atoms with E-state index in [0.717, 1.165) is 33.2 Å². The number of hydrogen-bond acceptors (Lipinski definition) is 7. The molecule has 3 aromatic carbocycles. The normalized spacial score (nSPS) is 14.2. The molecule has 0 amide bonds. The molecule has 0 bridgehead atoms. The van der Waals surface area contributed by atoms with E-state index < -0.39 is 0 Å². The van der Waals surface area contributed by atoms with Crippen molar-refractivity contribution in [3.63, 3.8) is 0 Å². The van der Waals surface area contributed by atoms with Crippen molar-refractivity contribution in [1.82, 2.24) is 24.6 Å².